The van der Waals surface area contributed by atoms with Crippen LogP contribution in [0.15, 0.2) is 170 Å². The molecule has 4 heterocycles. The lowest BCUT2D eigenvalue weighted by Gasteiger charge is -2.35. The zero-order chi connectivity index (χ0) is 37.1. The molecule has 2 aromatic heterocycles. The van der Waals surface area contributed by atoms with Crippen LogP contribution in [-0.2, 0) is 0 Å². The summed E-state index contributed by atoms with van der Waals surface area (Å²) in [4.78, 5) is 7.63. The third kappa shape index (κ3) is 4.44. The highest BCUT2D eigenvalue weighted by atomic mass is 15.3. The van der Waals surface area contributed by atoms with Gasteiger partial charge in [0, 0.05) is 21.9 Å². The number of hydrogen-bond donors (Lipinski definition) is 1. The Morgan fingerprint density at radius 2 is 1.16 bits per heavy atom. The number of nitrogens with zero attached hydrogens (tertiary/aromatic N) is 3. The van der Waals surface area contributed by atoms with E-state index < -0.39 is 0 Å². The minimum absolute atomic E-state index is 0.0307. The largest absolute Gasteiger partial charge is 0.359 e. The van der Waals surface area contributed by atoms with Crippen LogP contribution in [0.1, 0.15) is 22.9 Å². The molecule has 0 bridgehead atoms. The second kappa shape index (κ2) is 11.7. The molecule has 0 aliphatic carbocycles. The van der Waals surface area contributed by atoms with Crippen LogP contribution in [0.5, 0.6) is 0 Å². The van der Waals surface area contributed by atoms with Crippen LogP contribution < -0.4 is 10.2 Å². The number of nitrogens with one attached hydrogen (secondary N) is 1. The van der Waals surface area contributed by atoms with Gasteiger partial charge in [-0.3, -0.25) is 4.40 Å². The number of benzene rings is 8. The van der Waals surface area contributed by atoms with E-state index >= 15 is 0 Å². The summed E-state index contributed by atoms with van der Waals surface area (Å²) in [5.41, 5.74) is 21.5. The van der Waals surface area contributed by atoms with Crippen LogP contribution in [0.4, 0.5) is 17.1 Å². The number of aryl methyl sites for hydroxylation is 2. The summed E-state index contributed by atoms with van der Waals surface area (Å²) in [6.07, 6.45) is 0.0307. The molecule has 2 aliphatic heterocycles. The summed E-state index contributed by atoms with van der Waals surface area (Å²) in [7, 11) is 0. The van der Waals surface area contributed by atoms with E-state index in [2.05, 4.69) is 198 Å². The number of para-hydroxylation sites is 6. The third-order valence-electron chi connectivity index (χ3n) is 12.0. The Hall–Kier alpha value is -7.17. The van der Waals surface area contributed by atoms with E-state index in [0.29, 0.717) is 0 Å². The van der Waals surface area contributed by atoms with Crippen molar-refractivity contribution in [3.05, 3.63) is 187 Å². The smallest absolute Gasteiger partial charge is 0.146 e. The fourth-order valence-electron chi connectivity index (χ4n) is 9.69. The van der Waals surface area contributed by atoms with E-state index in [-0.39, 0.29) is 6.17 Å². The van der Waals surface area contributed by atoms with Crippen molar-refractivity contribution in [1.82, 2.24) is 9.38 Å². The van der Waals surface area contributed by atoms with Gasteiger partial charge in [0.05, 0.1) is 33.6 Å². The molecule has 264 valence electrons. The van der Waals surface area contributed by atoms with Gasteiger partial charge in [-0.1, -0.05) is 126 Å². The molecule has 4 heteroatoms. The molecule has 0 saturated carbocycles. The van der Waals surface area contributed by atoms with Gasteiger partial charge in [-0.05, 0) is 113 Å². The molecular weight excluding hydrogens is 681 g/mol. The third-order valence-corrected chi connectivity index (χ3v) is 12.0. The van der Waals surface area contributed by atoms with Gasteiger partial charge in [0.15, 0.2) is 0 Å². The van der Waals surface area contributed by atoms with Crippen molar-refractivity contribution >= 4 is 55.4 Å². The van der Waals surface area contributed by atoms with Crippen LogP contribution in [0.2, 0.25) is 0 Å². The Morgan fingerprint density at radius 3 is 2.02 bits per heavy atom. The highest BCUT2D eigenvalue weighted by Gasteiger charge is 2.37. The van der Waals surface area contributed by atoms with Gasteiger partial charge < -0.3 is 10.2 Å². The minimum Gasteiger partial charge on any atom is -0.359 e. The molecule has 0 saturated heterocycles. The van der Waals surface area contributed by atoms with Crippen molar-refractivity contribution in [2.45, 2.75) is 20.0 Å². The van der Waals surface area contributed by atoms with E-state index in [9.17, 15) is 0 Å². The molecule has 4 nitrogen and oxygen atoms in total. The molecule has 0 spiro atoms. The Morgan fingerprint density at radius 1 is 0.482 bits per heavy atom. The minimum atomic E-state index is 0.0307. The molecule has 2 aliphatic rings. The molecule has 12 rings (SSSR count). The summed E-state index contributed by atoms with van der Waals surface area (Å²) in [5.74, 6) is 0. The number of rotatable bonds is 3. The van der Waals surface area contributed by atoms with Crippen molar-refractivity contribution in [2.75, 3.05) is 10.2 Å². The van der Waals surface area contributed by atoms with Crippen LogP contribution in [0.3, 0.4) is 0 Å². The first kappa shape index (κ1) is 31.2. The van der Waals surface area contributed by atoms with Crippen molar-refractivity contribution < 1.29 is 0 Å². The SMILES string of the molecule is Cc1cc(C)cc(-c2c(-c3ccc4c(c3)-c3ccccc3N3c5ccccc5NC43)cccc2-c2ccc3c(c2)c2ccccc2n2c4ccccc4nc32)c1. The second-order valence-electron chi connectivity index (χ2n) is 15.4. The summed E-state index contributed by atoms with van der Waals surface area (Å²) < 4.78 is 2.32. The zero-order valence-corrected chi connectivity index (χ0v) is 31.1. The Balaban J connectivity index is 1.09. The van der Waals surface area contributed by atoms with Crippen LogP contribution in [0, 0.1) is 13.8 Å². The fraction of sp³-hybridized carbons (Fsp3) is 0.0577. The van der Waals surface area contributed by atoms with E-state index in [1.165, 1.54) is 89.0 Å². The molecule has 1 N–H and O–H groups in total. The lowest BCUT2D eigenvalue weighted by atomic mass is 9.84. The normalized spacial score (nSPS) is 14.2. The van der Waals surface area contributed by atoms with Gasteiger partial charge in [-0.2, -0.15) is 0 Å². The van der Waals surface area contributed by atoms with Crippen molar-refractivity contribution in [1.29, 1.82) is 0 Å². The maximum Gasteiger partial charge on any atom is 0.146 e. The highest BCUT2D eigenvalue weighted by molar-refractivity contribution is 6.15. The van der Waals surface area contributed by atoms with Crippen LogP contribution in [-0.4, -0.2) is 9.38 Å². The maximum absolute atomic E-state index is 5.17. The zero-order valence-electron chi connectivity index (χ0n) is 31.1. The van der Waals surface area contributed by atoms with Gasteiger partial charge in [-0.25, -0.2) is 4.98 Å². The molecule has 1 unspecified atom stereocenters. The van der Waals surface area contributed by atoms with Crippen LogP contribution in [0.25, 0.3) is 82.9 Å². The van der Waals surface area contributed by atoms with E-state index in [1.54, 1.807) is 0 Å². The molecule has 0 amide bonds. The molecule has 0 radical (unpaired) electrons. The van der Waals surface area contributed by atoms with E-state index in [1.807, 2.05) is 0 Å². The van der Waals surface area contributed by atoms with Gasteiger partial charge in [0.2, 0.25) is 0 Å². The number of pyridine rings is 1. The summed E-state index contributed by atoms with van der Waals surface area (Å²) in [6.45, 7) is 4.41. The number of anilines is 3. The number of hydrogen-bond acceptors (Lipinski definition) is 3. The number of imidazole rings is 1. The summed E-state index contributed by atoms with van der Waals surface area (Å²) >= 11 is 0. The van der Waals surface area contributed by atoms with Crippen LogP contribution >= 0.6 is 0 Å². The monoisotopic (exact) mass is 716 g/mol. The van der Waals surface area contributed by atoms with E-state index in [0.717, 1.165) is 27.6 Å². The van der Waals surface area contributed by atoms with Crippen molar-refractivity contribution in [2.24, 2.45) is 0 Å². The fourth-order valence-corrected chi connectivity index (χ4v) is 9.69. The average Bonchev–Trinajstić information content (AvgIpc) is 3.83. The maximum atomic E-state index is 5.17. The molecule has 56 heavy (non-hydrogen) atoms. The standard InChI is InChI=1S/C52H36N4/c1-31-26-32(2)28-35(27-31)50-36(33-22-24-40-42(29-33)38-12-3-7-18-46(38)55-48-20-9-5-16-44(48)53-51(40)55)14-11-15-37(50)34-23-25-41-43(30-34)39-13-4-8-19-47(39)56-49-21-10-6-17-45(49)54-52(41)56/h3-30,51,53H,1-2H3. The summed E-state index contributed by atoms with van der Waals surface area (Å²) in [6, 6.07) is 62.5. The second-order valence-corrected chi connectivity index (χ2v) is 15.4. The lowest BCUT2D eigenvalue weighted by molar-refractivity contribution is 0.819. The van der Waals surface area contributed by atoms with Crippen molar-refractivity contribution in [3.8, 4) is 44.5 Å². The average molecular weight is 717 g/mol. The highest BCUT2D eigenvalue weighted by Crippen LogP contribution is 2.55. The molecule has 8 aromatic carbocycles. The Kier molecular flexibility index (Phi) is 6.50. The Bertz CT molecular complexity index is 3260. The van der Waals surface area contributed by atoms with Gasteiger partial charge in [0.25, 0.3) is 0 Å². The first-order valence-electron chi connectivity index (χ1n) is 19.4. The number of aromatic nitrogens is 2. The first-order chi connectivity index (χ1) is 27.6. The molecule has 1 atom stereocenters. The lowest BCUT2D eigenvalue weighted by Crippen LogP contribution is -2.27. The predicted molar refractivity (Wildman–Crippen MR) is 234 cm³/mol. The summed E-state index contributed by atoms with van der Waals surface area (Å²) in [5, 5.41) is 7.41. The predicted octanol–water partition coefficient (Wildman–Crippen LogP) is 13.7. The molecule has 10 aromatic rings. The van der Waals surface area contributed by atoms with Gasteiger partial charge in [-0.15, -0.1) is 0 Å². The Labute approximate surface area is 324 Å². The van der Waals surface area contributed by atoms with Gasteiger partial charge in [0.1, 0.15) is 11.8 Å². The molecular formula is C52H36N4. The van der Waals surface area contributed by atoms with Crippen molar-refractivity contribution in [3.63, 3.8) is 0 Å². The quantitative estimate of drug-likeness (QED) is 0.185. The molecule has 0 fully saturated rings. The number of fused-ring (bicyclic) bond motifs is 16. The first-order valence-corrected chi connectivity index (χ1v) is 19.4. The van der Waals surface area contributed by atoms with Gasteiger partial charge >= 0.3 is 0 Å². The topological polar surface area (TPSA) is 32.6 Å². The van der Waals surface area contributed by atoms with E-state index in [4.69, 9.17) is 4.98 Å².